The van der Waals surface area contributed by atoms with E-state index in [2.05, 4.69) is 10.2 Å². The van der Waals surface area contributed by atoms with Crippen LogP contribution in [0.2, 0.25) is 0 Å². The van der Waals surface area contributed by atoms with E-state index in [9.17, 15) is 9.50 Å². The molecule has 0 amide bonds. The first kappa shape index (κ1) is 15.0. The Morgan fingerprint density at radius 1 is 1.09 bits per heavy atom. The highest BCUT2D eigenvalue weighted by Crippen LogP contribution is 2.38. The van der Waals surface area contributed by atoms with Gasteiger partial charge in [-0.3, -0.25) is 0 Å². The molecule has 22 heavy (non-hydrogen) atoms. The summed E-state index contributed by atoms with van der Waals surface area (Å²) in [4.78, 5) is 1.04. The maximum Gasteiger partial charge on any atom is 0.150 e. The summed E-state index contributed by atoms with van der Waals surface area (Å²) in [6.07, 6.45) is 0. The van der Waals surface area contributed by atoms with E-state index >= 15 is 0 Å². The summed E-state index contributed by atoms with van der Waals surface area (Å²) < 4.78 is 13.8. The summed E-state index contributed by atoms with van der Waals surface area (Å²) in [6.45, 7) is 2.03. The third-order valence-electron chi connectivity index (χ3n) is 3.04. The lowest BCUT2D eigenvalue weighted by atomic mass is 10.2. The number of phenols is 1. The molecule has 1 atom stereocenters. The maximum absolute atomic E-state index is 13.8. The number of halogens is 1. The van der Waals surface area contributed by atoms with E-state index in [0.717, 1.165) is 9.90 Å². The van der Waals surface area contributed by atoms with Gasteiger partial charge in [0.15, 0.2) is 5.01 Å². The number of rotatable bonds is 4. The summed E-state index contributed by atoms with van der Waals surface area (Å²) in [5.74, 6) is -0.0428. The van der Waals surface area contributed by atoms with Crippen molar-refractivity contribution in [1.82, 2.24) is 10.2 Å². The molecule has 1 heterocycles. The zero-order valence-corrected chi connectivity index (χ0v) is 13.4. The van der Waals surface area contributed by atoms with Gasteiger partial charge >= 0.3 is 0 Å². The lowest BCUT2D eigenvalue weighted by Crippen LogP contribution is -1.87. The van der Waals surface area contributed by atoms with Crippen LogP contribution in [-0.4, -0.2) is 15.3 Å². The summed E-state index contributed by atoms with van der Waals surface area (Å²) in [6, 6.07) is 13.6. The van der Waals surface area contributed by atoms with E-state index in [1.807, 2.05) is 19.1 Å². The highest BCUT2D eigenvalue weighted by molar-refractivity contribution is 7.99. The van der Waals surface area contributed by atoms with Gasteiger partial charge in [0.05, 0.1) is 5.25 Å². The summed E-state index contributed by atoms with van der Waals surface area (Å²) in [5, 5.41) is 19.1. The Morgan fingerprint density at radius 3 is 2.55 bits per heavy atom. The Balaban J connectivity index is 1.78. The third kappa shape index (κ3) is 3.28. The molecule has 2 aromatic carbocycles. The predicted octanol–water partition coefficient (Wildman–Crippen LogP) is 4.90. The summed E-state index contributed by atoms with van der Waals surface area (Å²) in [5.41, 5.74) is 0.480. The molecule has 0 radical (unpaired) electrons. The van der Waals surface area contributed by atoms with Crippen LogP contribution in [0.5, 0.6) is 5.75 Å². The fourth-order valence-electron chi connectivity index (χ4n) is 1.92. The first-order valence-electron chi connectivity index (χ1n) is 6.67. The molecular formula is C16H13FN2OS2. The molecule has 3 nitrogen and oxygen atoms in total. The van der Waals surface area contributed by atoms with Gasteiger partial charge in [0.1, 0.15) is 16.6 Å². The van der Waals surface area contributed by atoms with Crippen LogP contribution in [0.25, 0.3) is 10.6 Å². The molecular weight excluding hydrogens is 319 g/mol. The Morgan fingerprint density at radius 2 is 1.82 bits per heavy atom. The number of aromatic hydroxyl groups is 1. The molecule has 1 N–H and O–H groups in total. The number of phenolic OH excluding ortho intramolecular Hbond substituents is 1. The van der Waals surface area contributed by atoms with Gasteiger partial charge in [0.25, 0.3) is 0 Å². The Hall–Kier alpha value is -1.92. The zero-order valence-electron chi connectivity index (χ0n) is 11.7. The molecule has 1 aromatic heterocycles. The number of hydrogen-bond donors (Lipinski definition) is 1. The van der Waals surface area contributed by atoms with Crippen LogP contribution >= 0.6 is 23.1 Å². The molecule has 0 saturated heterocycles. The average Bonchev–Trinajstić information content (AvgIpc) is 3.00. The molecule has 112 valence electrons. The average molecular weight is 332 g/mol. The number of hydrogen-bond acceptors (Lipinski definition) is 5. The molecule has 0 saturated carbocycles. The van der Waals surface area contributed by atoms with Crippen molar-refractivity contribution in [2.75, 3.05) is 0 Å². The minimum atomic E-state index is -0.288. The first-order valence-corrected chi connectivity index (χ1v) is 8.37. The van der Waals surface area contributed by atoms with Crippen molar-refractivity contribution in [3.8, 4) is 16.3 Å². The molecule has 0 bridgehead atoms. The topological polar surface area (TPSA) is 46.0 Å². The molecule has 3 rings (SSSR count). The number of thioether (sulfide) groups is 1. The minimum absolute atomic E-state index is 0.0996. The Kier molecular flexibility index (Phi) is 4.40. The SMILES string of the molecule is CC(Sc1ccc(O)cc1)c1nnc(-c2ccccc2F)s1. The van der Waals surface area contributed by atoms with Crippen LogP contribution in [0.15, 0.2) is 53.4 Å². The van der Waals surface area contributed by atoms with Crippen LogP contribution in [0.3, 0.4) is 0 Å². The quantitative estimate of drug-likeness (QED) is 0.690. The van der Waals surface area contributed by atoms with Gasteiger partial charge in [-0.05, 0) is 43.3 Å². The lowest BCUT2D eigenvalue weighted by molar-refractivity contribution is 0.475. The van der Waals surface area contributed by atoms with Gasteiger partial charge < -0.3 is 5.11 Å². The van der Waals surface area contributed by atoms with E-state index in [1.165, 1.54) is 17.4 Å². The Labute approximate surface area is 135 Å². The van der Waals surface area contributed by atoms with Gasteiger partial charge in [0.2, 0.25) is 0 Å². The van der Waals surface area contributed by atoms with E-state index in [1.54, 1.807) is 42.1 Å². The van der Waals surface area contributed by atoms with Crippen molar-refractivity contribution in [3.05, 3.63) is 59.4 Å². The normalized spacial score (nSPS) is 12.3. The zero-order chi connectivity index (χ0) is 15.5. The lowest BCUT2D eigenvalue weighted by Gasteiger charge is -2.07. The molecule has 0 fully saturated rings. The van der Waals surface area contributed by atoms with Gasteiger partial charge in [-0.15, -0.1) is 22.0 Å². The largest absolute Gasteiger partial charge is 0.508 e. The summed E-state index contributed by atoms with van der Waals surface area (Å²) >= 11 is 3.02. The van der Waals surface area contributed by atoms with Crippen LogP contribution in [0, 0.1) is 5.82 Å². The van der Waals surface area contributed by atoms with Crippen molar-refractivity contribution in [1.29, 1.82) is 0 Å². The van der Waals surface area contributed by atoms with E-state index in [0.29, 0.717) is 10.6 Å². The standard InChI is InChI=1S/C16H13FN2OS2/c1-10(21-12-8-6-11(20)7-9-12)15-18-19-16(22-15)13-4-2-3-5-14(13)17/h2-10,20H,1H3. The van der Waals surface area contributed by atoms with Gasteiger partial charge in [-0.2, -0.15) is 0 Å². The Bertz CT molecular complexity index is 774. The summed E-state index contributed by atoms with van der Waals surface area (Å²) in [7, 11) is 0. The van der Waals surface area contributed by atoms with Crippen molar-refractivity contribution < 1.29 is 9.50 Å². The fraction of sp³-hybridized carbons (Fsp3) is 0.125. The van der Waals surface area contributed by atoms with Gasteiger partial charge in [0, 0.05) is 10.5 Å². The second-order valence-corrected chi connectivity index (χ2v) is 7.10. The maximum atomic E-state index is 13.8. The predicted molar refractivity (Wildman–Crippen MR) is 87.7 cm³/mol. The van der Waals surface area contributed by atoms with Crippen molar-refractivity contribution in [2.24, 2.45) is 0 Å². The van der Waals surface area contributed by atoms with Crippen LogP contribution < -0.4 is 0 Å². The molecule has 6 heteroatoms. The molecule has 3 aromatic rings. The van der Waals surface area contributed by atoms with Crippen LogP contribution in [-0.2, 0) is 0 Å². The minimum Gasteiger partial charge on any atom is -0.508 e. The van der Waals surface area contributed by atoms with Crippen molar-refractivity contribution in [3.63, 3.8) is 0 Å². The van der Waals surface area contributed by atoms with Gasteiger partial charge in [-0.25, -0.2) is 4.39 Å². The number of aromatic nitrogens is 2. The molecule has 1 unspecified atom stereocenters. The van der Waals surface area contributed by atoms with Crippen molar-refractivity contribution in [2.45, 2.75) is 17.1 Å². The van der Waals surface area contributed by atoms with E-state index < -0.39 is 0 Å². The van der Waals surface area contributed by atoms with Crippen LogP contribution in [0.4, 0.5) is 4.39 Å². The fourth-order valence-corrected chi connectivity index (χ4v) is 3.86. The smallest absolute Gasteiger partial charge is 0.150 e. The van der Waals surface area contributed by atoms with E-state index in [-0.39, 0.29) is 16.8 Å². The molecule has 0 aliphatic carbocycles. The first-order chi connectivity index (χ1) is 10.6. The second kappa shape index (κ2) is 6.46. The van der Waals surface area contributed by atoms with Crippen molar-refractivity contribution >= 4 is 23.1 Å². The number of nitrogens with zero attached hydrogens (tertiary/aromatic N) is 2. The molecule has 0 spiro atoms. The third-order valence-corrected chi connectivity index (χ3v) is 5.45. The van der Waals surface area contributed by atoms with Crippen LogP contribution in [0.1, 0.15) is 17.2 Å². The highest BCUT2D eigenvalue weighted by Gasteiger charge is 2.16. The highest BCUT2D eigenvalue weighted by atomic mass is 32.2. The number of benzene rings is 2. The van der Waals surface area contributed by atoms with E-state index in [4.69, 9.17) is 0 Å². The molecule has 0 aliphatic heterocycles. The molecule has 0 aliphatic rings. The van der Waals surface area contributed by atoms with Gasteiger partial charge in [-0.1, -0.05) is 23.5 Å². The monoisotopic (exact) mass is 332 g/mol. The second-order valence-electron chi connectivity index (χ2n) is 4.68.